The summed E-state index contributed by atoms with van der Waals surface area (Å²) in [5.41, 5.74) is 0.693. The number of nitrogens with one attached hydrogen (secondary N) is 1. The molecule has 116 valence electrons. The monoisotopic (exact) mass is 417 g/mol. The standard InChI is InChI=1S/C19H16INO2/c20-17-10-4-3-9-16(17)19(22)21-12-13-23-18-11-5-7-14-6-1-2-8-15(14)18/h1-11H,12-13H2,(H,21,22). The van der Waals surface area contributed by atoms with E-state index in [4.69, 9.17) is 4.74 Å². The van der Waals surface area contributed by atoms with E-state index >= 15 is 0 Å². The van der Waals surface area contributed by atoms with Gasteiger partial charge in [0.15, 0.2) is 0 Å². The van der Waals surface area contributed by atoms with Crippen molar-refractivity contribution in [3.63, 3.8) is 0 Å². The number of carbonyl (C=O) groups excluding carboxylic acids is 1. The van der Waals surface area contributed by atoms with Gasteiger partial charge in [0.05, 0.1) is 12.1 Å². The third-order valence-corrected chi connectivity index (χ3v) is 4.45. The van der Waals surface area contributed by atoms with Gasteiger partial charge >= 0.3 is 0 Å². The summed E-state index contributed by atoms with van der Waals surface area (Å²) in [6, 6.07) is 21.6. The van der Waals surface area contributed by atoms with Crippen LogP contribution in [0.5, 0.6) is 5.75 Å². The molecular weight excluding hydrogens is 401 g/mol. The summed E-state index contributed by atoms with van der Waals surface area (Å²) >= 11 is 2.16. The molecule has 0 spiro atoms. The molecule has 0 heterocycles. The summed E-state index contributed by atoms with van der Waals surface area (Å²) in [6.07, 6.45) is 0. The van der Waals surface area contributed by atoms with E-state index in [0.29, 0.717) is 18.7 Å². The fourth-order valence-electron chi connectivity index (χ4n) is 2.39. The largest absolute Gasteiger partial charge is 0.491 e. The molecule has 0 saturated heterocycles. The Kier molecular flexibility index (Phi) is 5.12. The zero-order chi connectivity index (χ0) is 16.1. The van der Waals surface area contributed by atoms with Gasteiger partial charge in [-0.2, -0.15) is 0 Å². The normalized spacial score (nSPS) is 10.5. The van der Waals surface area contributed by atoms with Crippen molar-refractivity contribution in [1.29, 1.82) is 0 Å². The third kappa shape index (κ3) is 3.82. The molecule has 3 aromatic carbocycles. The Morgan fingerprint density at radius 2 is 1.70 bits per heavy atom. The van der Waals surface area contributed by atoms with Crippen LogP contribution in [0.3, 0.4) is 0 Å². The molecule has 0 saturated carbocycles. The van der Waals surface area contributed by atoms with Gasteiger partial charge in [0.1, 0.15) is 12.4 Å². The topological polar surface area (TPSA) is 38.3 Å². The van der Waals surface area contributed by atoms with E-state index in [2.05, 4.69) is 40.0 Å². The van der Waals surface area contributed by atoms with Gasteiger partial charge in [0.2, 0.25) is 0 Å². The molecule has 3 nitrogen and oxygen atoms in total. The Hall–Kier alpha value is -2.08. The molecule has 0 fully saturated rings. The van der Waals surface area contributed by atoms with Crippen molar-refractivity contribution >= 4 is 39.3 Å². The van der Waals surface area contributed by atoms with E-state index in [1.807, 2.05) is 54.6 Å². The fourth-order valence-corrected chi connectivity index (χ4v) is 3.02. The fraction of sp³-hybridized carbons (Fsp3) is 0.105. The number of hydrogen-bond donors (Lipinski definition) is 1. The van der Waals surface area contributed by atoms with E-state index in [0.717, 1.165) is 20.1 Å². The Balaban J connectivity index is 1.57. The first-order chi connectivity index (χ1) is 11.3. The first-order valence-corrected chi connectivity index (χ1v) is 8.47. The van der Waals surface area contributed by atoms with E-state index < -0.39 is 0 Å². The van der Waals surface area contributed by atoms with Crippen LogP contribution in [0.15, 0.2) is 66.7 Å². The molecule has 1 amide bonds. The Bertz CT molecular complexity index is 827. The number of halogens is 1. The average molecular weight is 417 g/mol. The number of fused-ring (bicyclic) bond motifs is 1. The smallest absolute Gasteiger partial charge is 0.252 e. The van der Waals surface area contributed by atoms with Crippen LogP contribution >= 0.6 is 22.6 Å². The van der Waals surface area contributed by atoms with Crippen molar-refractivity contribution in [2.24, 2.45) is 0 Å². The minimum absolute atomic E-state index is 0.0727. The van der Waals surface area contributed by atoms with Crippen LogP contribution in [0.1, 0.15) is 10.4 Å². The van der Waals surface area contributed by atoms with Crippen molar-refractivity contribution in [2.45, 2.75) is 0 Å². The molecule has 0 aliphatic rings. The van der Waals surface area contributed by atoms with Crippen LogP contribution in [-0.2, 0) is 0 Å². The highest BCUT2D eigenvalue weighted by molar-refractivity contribution is 14.1. The molecule has 4 heteroatoms. The van der Waals surface area contributed by atoms with Gasteiger partial charge in [-0.3, -0.25) is 4.79 Å². The van der Waals surface area contributed by atoms with E-state index in [1.165, 1.54) is 0 Å². The van der Waals surface area contributed by atoms with Crippen LogP contribution in [0, 0.1) is 3.57 Å². The number of amides is 1. The van der Waals surface area contributed by atoms with Crippen LogP contribution in [0.2, 0.25) is 0 Å². The zero-order valence-electron chi connectivity index (χ0n) is 12.5. The van der Waals surface area contributed by atoms with E-state index in [9.17, 15) is 4.79 Å². The van der Waals surface area contributed by atoms with E-state index in [1.54, 1.807) is 0 Å². The highest BCUT2D eigenvalue weighted by Gasteiger charge is 2.08. The molecule has 0 aromatic heterocycles. The maximum absolute atomic E-state index is 12.1. The summed E-state index contributed by atoms with van der Waals surface area (Å²) in [4.78, 5) is 12.1. The van der Waals surface area contributed by atoms with Crippen LogP contribution in [0.25, 0.3) is 10.8 Å². The Morgan fingerprint density at radius 3 is 2.57 bits per heavy atom. The second kappa shape index (κ2) is 7.46. The van der Waals surface area contributed by atoms with Gasteiger partial charge in [0.25, 0.3) is 5.91 Å². The molecule has 0 radical (unpaired) electrons. The second-order valence-electron chi connectivity index (χ2n) is 5.06. The van der Waals surface area contributed by atoms with Gasteiger partial charge < -0.3 is 10.1 Å². The molecular formula is C19H16INO2. The van der Waals surface area contributed by atoms with Crippen molar-refractivity contribution in [1.82, 2.24) is 5.32 Å². The van der Waals surface area contributed by atoms with Crippen LogP contribution < -0.4 is 10.1 Å². The molecule has 0 aliphatic heterocycles. The van der Waals surface area contributed by atoms with Crippen molar-refractivity contribution in [3.8, 4) is 5.75 Å². The van der Waals surface area contributed by atoms with Gasteiger partial charge in [-0.15, -0.1) is 0 Å². The molecule has 3 rings (SSSR count). The number of benzene rings is 3. The average Bonchev–Trinajstić information content (AvgIpc) is 2.59. The van der Waals surface area contributed by atoms with Gasteiger partial charge in [-0.05, 0) is 46.2 Å². The number of ether oxygens (including phenoxy) is 1. The molecule has 0 atom stereocenters. The number of hydrogen-bond acceptors (Lipinski definition) is 2. The first kappa shape index (κ1) is 15.8. The van der Waals surface area contributed by atoms with Gasteiger partial charge in [0, 0.05) is 8.96 Å². The van der Waals surface area contributed by atoms with E-state index in [-0.39, 0.29) is 5.91 Å². The maximum Gasteiger partial charge on any atom is 0.252 e. The molecule has 23 heavy (non-hydrogen) atoms. The third-order valence-electron chi connectivity index (χ3n) is 3.51. The summed E-state index contributed by atoms with van der Waals surface area (Å²) < 4.78 is 6.76. The SMILES string of the molecule is O=C(NCCOc1cccc2ccccc12)c1ccccc1I. The Labute approximate surface area is 148 Å². The lowest BCUT2D eigenvalue weighted by Crippen LogP contribution is -2.28. The van der Waals surface area contributed by atoms with Crippen molar-refractivity contribution in [3.05, 3.63) is 75.9 Å². The quantitative estimate of drug-likeness (QED) is 0.498. The molecule has 3 aromatic rings. The lowest BCUT2D eigenvalue weighted by Gasteiger charge is -2.10. The summed E-state index contributed by atoms with van der Waals surface area (Å²) in [6.45, 7) is 0.899. The minimum Gasteiger partial charge on any atom is -0.491 e. The number of rotatable bonds is 5. The molecule has 0 unspecified atom stereocenters. The summed E-state index contributed by atoms with van der Waals surface area (Å²) in [5.74, 6) is 0.767. The number of carbonyl (C=O) groups is 1. The van der Waals surface area contributed by atoms with Gasteiger partial charge in [-0.1, -0.05) is 48.5 Å². The first-order valence-electron chi connectivity index (χ1n) is 7.39. The molecule has 1 N–H and O–H groups in total. The molecule has 0 bridgehead atoms. The zero-order valence-corrected chi connectivity index (χ0v) is 14.6. The minimum atomic E-state index is -0.0727. The highest BCUT2D eigenvalue weighted by atomic mass is 127. The summed E-state index contributed by atoms with van der Waals surface area (Å²) in [7, 11) is 0. The lowest BCUT2D eigenvalue weighted by molar-refractivity contribution is 0.0946. The molecule has 0 aliphatic carbocycles. The second-order valence-corrected chi connectivity index (χ2v) is 6.22. The summed E-state index contributed by atoms with van der Waals surface area (Å²) in [5, 5.41) is 5.12. The maximum atomic E-state index is 12.1. The highest BCUT2D eigenvalue weighted by Crippen LogP contribution is 2.24. The van der Waals surface area contributed by atoms with Crippen LogP contribution in [-0.4, -0.2) is 19.1 Å². The van der Waals surface area contributed by atoms with Crippen molar-refractivity contribution in [2.75, 3.05) is 13.2 Å². The predicted molar refractivity (Wildman–Crippen MR) is 101 cm³/mol. The van der Waals surface area contributed by atoms with Crippen LogP contribution in [0.4, 0.5) is 0 Å². The van der Waals surface area contributed by atoms with Gasteiger partial charge in [-0.25, -0.2) is 0 Å². The predicted octanol–water partition coefficient (Wildman–Crippen LogP) is 4.25. The lowest BCUT2D eigenvalue weighted by atomic mass is 10.1. The Morgan fingerprint density at radius 1 is 0.957 bits per heavy atom. The van der Waals surface area contributed by atoms with Crippen molar-refractivity contribution < 1.29 is 9.53 Å².